The average Bonchev–Trinajstić information content (AvgIpc) is 2.71. The van der Waals surface area contributed by atoms with Gasteiger partial charge in [0.1, 0.15) is 0 Å². The summed E-state index contributed by atoms with van der Waals surface area (Å²) in [6, 6.07) is 5.42. The Labute approximate surface area is 88.6 Å². The fraction of sp³-hybridized carbons (Fsp3) is 0.125. The van der Waals surface area contributed by atoms with Gasteiger partial charge in [0.25, 0.3) is 0 Å². The molecule has 2 aromatic heterocycles. The lowest BCUT2D eigenvalue weighted by molar-refractivity contribution is 0.411. The molecule has 0 amide bonds. The Morgan fingerprint density at radius 2 is 2.23 bits per heavy atom. The fourth-order valence-corrected chi connectivity index (χ4v) is 1.40. The van der Waals surface area contributed by atoms with Gasteiger partial charge >= 0.3 is 0 Å². The molecule has 0 aliphatic carbocycles. The third kappa shape index (κ3) is 1.81. The molecule has 0 saturated heterocycles. The van der Waals surface area contributed by atoms with E-state index < -0.39 is 0 Å². The second-order valence-corrected chi connectivity index (χ2v) is 3.54. The first kappa shape index (κ1) is 8.90. The maximum atomic E-state index is 5.29. The molecular weight excluding hydrogens is 254 g/mol. The van der Waals surface area contributed by atoms with Crippen molar-refractivity contribution >= 4 is 28.6 Å². The Bertz CT molecular complexity index is 410. The second-order valence-electron chi connectivity index (χ2n) is 2.44. The number of hydrogen-bond donors (Lipinski definition) is 1. The molecule has 2 heterocycles. The first-order valence-electron chi connectivity index (χ1n) is 3.62. The van der Waals surface area contributed by atoms with Crippen molar-refractivity contribution in [3.8, 4) is 11.5 Å². The molecule has 0 aliphatic rings. The maximum Gasteiger partial charge on any atom is 0.202 e. The van der Waals surface area contributed by atoms with Crippen LogP contribution in [0.2, 0.25) is 0 Å². The summed E-state index contributed by atoms with van der Waals surface area (Å²) >= 11 is 7.29. The van der Waals surface area contributed by atoms with E-state index in [4.69, 9.17) is 8.94 Å². The van der Waals surface area contributed by atoms with Crippen molar-refractivity contribution in [3.05, 3.63) is 28.6 Å². The molecule has 13 heavy (non-hydrogen) atoms. The summed E-state index contributed by atoms with van der Waals surface area (Å²) < 4.78 is 11.0. The Kier molecular flexibility index (Phi) is 2.46. The summed E-state index contributed by atoms with van der Waals surface area (Å²) in [5.74, 6) is 1.84. The lowest BCUT2D eigenvalue weighted by Gasteiger charge is -1.84. The number of furan rings is 1. The van der Waals surface area contributed by atoms with E-state index in [9.17, 15) is 0 Å². The van der Waals surface area contributed by atoms with Crippen molar-refractivity contribution in [1.82, 2.24) is 5.16 Å². The van der Waals surface area contributed by atoms with Gasteiger partial charge in [0.05, 0.1) is 5.69 Å². The van der Waals surface area contributed by atoms with Gasteiger partial charge in [-0.25, -0.2) is 0 Å². The summed E-state index contributed by atoms with van der Waals surface area (Å²) in [5.41, 5.74) is 0.797. The third-order valence-corrected chi connectivity index (χ3v) is 2.29. The first-order valence-corrected chi connectivity index (χ1v) is 5.04. The minimum absolute atomic E-state index is 0.561. The molecule has 3 nitrogen and oxygen atoms in total. The highest BCUT2D eigenvalue weighted by Crippen LogP contribution is 2.25. The molecule has 0 aromatic carbocycles. The molecule has 5 heteroatoms. The molecule has 0 spiro atoms. The van der Waals surface area contributed by atoms with Crippen molar-refractivity contribution in [2.24, 2.45) is 0 Å². The van der Waals surface area contributed by atoms with Crippen LogP contribution in [0.15, 0.2) is 31.8 Å². The van der Waals surface area contributed by atoms with Crippen LogP contribution < -0.4 is 0 Å². The van der Waals surface area contributed by atoms with Crippen LogP contribution in [0.5, 0.6) is 0 Å². The number of nitrogens with zero attached hydrogens (tertiary/aromatic N) is 1. The lowest BCUT2D eigenvalue weighted by atomic mass is 10.3. The zero-order valence-corrected chi connectivity index (χ0v) is 9.01. The van der Waals surface area contributed by atoms with Crippen LogP contribution in [0.1, 0.15) is 5.69 Å². The third-order valence-electron chi connectivity index (χ3n) is 1.54. The van der Waals surface area contributed by atoms with E-state index in [1.54, 1.807) is 12.1 Å². The van der Waals surface area contributed by atoms with Crippen LogP contribution in [0, 0.1) is 0 Å². The van der Waals surface area contributed by atoms with Crippen molar-refractivity contribution in [1.29, 1.82) is 0 Å². The first-order chi connectivity index (χ1) is 6.29. The molecule has 0 fully saturated rings. The molecule has 0 radical (unpaired) electrons. The molecule has 68 valence electrons. The second kappa shape index (κ2) is 3.59. The lowest BCUT2D eigenvalue weighted by Crippen LogP contribution is -1.71. The van der Waals surface area contributed by atoms with E-state index in [0.717, 1.165) is 5.69 Å². The maximum absolute atomic E-state index is 5.29. The zero-order chi connectivity index (χ0) is 9.26. The molecule has 0 aliphatic heterocycles. The van der Waals surface area contributed by atoms with E-state index in [2.05, 4.69) is 33.7 Å². The number of aromatic nitrogens is 1. The van der Waals surface area contributed by atoms with Crippen LogP contribution in [0.25, 0.3) is 11.5 Å². The van der Waals surface area contributed by atoms with E-state index in [1.807, 2.05) is 6.07 Å². The fourth-order valence-electron chi connectivity index (χ4n) is 0.949. The van der Waals surface area contributed by atoms with E-state index in [-0.39, 0.29) is 0 Å². The highest BCUT2D eigenvalue weighted by molar-refractivity contribution is 9.10. The molecule has 0 bridgehead atoms. The van der Waals surface area contributed by atoms with Crippen molar-refractivity contribution < 1.29 is 8.94 Å². The molecule has 0 N–H and O–H groups in total. The Hall–Kier alpha value is -0.680. The van der Waals surface area contributed by atoms with Gasteiger partial charge in [0.15, 0.2) is 10.4 Å². The molecule has 2 rings (SSSR count). The zero-order valence-electron chi connectivity index (χ0n) is 6.53. The van der Waals surface area contributed by atoms with Crippen LogP contribution in [-0.2, 0) is 5.75 Å². The van der Waals surface area contributed by atoms with Crippen molar-refractivity contribution in [2.75, 3.05) is 0 Å². The number of hydrogen-bond acceptors (Lipinski definition) is 4. The number of thiol groups is 1. The predicted octanol–water partition coefficient (Wildman–Crippen LogP) is 3.13. The minimum Gasteiger partial charge on any atom is -0.446 e. The van der Waals surface area contributed by atoms with Crippen molar-refractivity contribution in [3.63, 3.8) is 0 Å². The molecule has 0 saturated carbocycles. The van der Waals surface area contributed by atoms with Gasteiger partial charge in [-0.05, 0) is 28.1 Å². The van der Waals surface area contributed by atoms with E-state index in [0.29, 0.717) is 21.9 Å². The van der Waals surface area contributed by atoms with E-state index in [1.165, 1.54) is 0 Å². The summed E-state index contributed by atoms with van der Waals surface area (Å²) in [7, 11) is 0. The van der Waals surface area contributed by atoms with Crippen LogP contribution in [0.3, 0.4) is 0 Å². The summed E-state index contributed by atoms with van der Waals surface area (Å²) in [6.45, 7) is 0. The van der Waals surface area contributed by atoms with Crippen LogP contribution in [0.4, 0.5) is 0 Å². The molecular formula is C8H6BrNO2S. The monoisotopic (exact) mass is 259 g/mol. The number of rotatable bonds is 2. The van der Waals surface area contributed by atoms with E-state index >= 15 is 0 Å². The Balaban J connectivity index is 2.35. The smallest absolute Gasteiger partial charge is 0.202 e. The normalized spacial score (nSPS) is 10.6. The number of halogens is 1. The Morgan fingerprint density at radius 3 is 2.77 bits per heavy atom. The molecule has 0 atom stereocenters. The largest absolute Gasteiger partial charge is 0.446 e. The van der Waals surface area contributed by atoms with Gasteiger partial charge in [0, 0.05) is 11.8 Å². The minimum atomic E-state index is 0.561. The molecule has 0 unspecified atom stereocenters. The highest BCUT2D eigenvalue weighted by atomic mass is 79.9. The topological polar surface area (TPSA) is 39.2 Å². The quantitative estimate of drug-likeness (QED) is 0.843. The Morgan fingerprint density at radius 1 is 1.38 bits per heavy atom. The van der Waals surface area contributed by atoms with Gasteiger partial charge in [-0.3, -0.25) is 0 Å². The summed E-state index contributed by atoms with van der Waals surface area (Å²) in [6.07, 6.45) is 0. The van der Waals surface area contributed by atoms with Gasteiger partial charge in [-0.1, -0.05) is 5.16 Å². The average molecular weight is 260 g/mol. The van der Waals surface area contributed by atoms with Crippen LogP contribution in [-0.4, -0.2) is 5.16 Å². The standard InChI is InChI=1S/C8H6BrNO2S/c9-8-2-1-6(11-8)7-3-5(4-13)10-12-7/h1-3,13H,4H2. The highest BCUT2D eigenvalue weighted by Gasteiger charge is 2.09. The van der Waals surface area contributed by atoms with Gasteiger partial charge < -0.3 is 8.94 Å². The van der Waals surface area contributed by atoms with Gasteiger partial charge in [-0.15, -0.1) is 0 Å². The van der Waals surface area contributed by atoms with Gasteiger partial charge in [0.2, 0.25) is 5.76 Å². The van der Waals surface area contributed by atoms with Crippen molar-refractivity contribution in [2.45, 2.75) is 5.75 Å². The summed E-state index contributed by atoms with van der Waals surface area (Å²) in [4.78, 5) is 0. The SMILES string of the molecule is SCc1cc(-c2ccc(Br)o2)on1. The molecule has 2 aromatic rings. The predicted molar refractivity (Wildman–Crippen MR) is 54.6 cm³/mol. The van der Waals surface area contributed by atoms with Crippen LogP contribution >= 0.6 is 28.6 Å². The summed E-state index contributed by atoms with van der Waals surface area (Å²) in [5, 5.41) is 3.79. The van der Waals surface area contributed by atoms with Gasteiger partial charge in [-0.2, -0.15) is 12.6 Å².